The van der Waals surface area contributed by atoms with Crippen LogP contribution in [0, 0.1) is 11.3 Å². The standard InChI is InChI=1S/C16H29NO3/c1-13(11-15(2,3)4)10-14(18)17-7-5-6-16(12-17)19-8-9-20-16/h13H,5-12H2,1-4H3. The second-order valence-corrected chi connectivity index (χ2v) is 7.60. The zero-order valence-electron chi connectivity index (χ0n) is 13.4. The smallest absolute Gasteiger partial charge is 0.223 e. The van der Waals surface area contributed by atoms with Crippen LogP contribution in [0.3, 0.4) is 0 Å². The lowest BCUT2D eigenvalue weighted by molar-refractivity contribution is -0.193. The van der Waals surface area contributed by atoms with E-state index in [1.807, 2.05) is 4.90 Å². The normalized spacial score (nSPS) is 24.1. The average Bonchev–Trinajstić information content (AvgIpc) is 2.74. The Morgan fingerprint density at radius 3 is 2.55 bits per heavy atom. The fourth-order valence-corrected chi connectivity index (χ4v) is 3.48. The van der Waals surface area contributed by atoms with Crippen LogP contribution in [0.25, 0.3) is 0 Å². The molecule has 2 saturated heterocycles. The number of carbonyl (C=O) groups is 1. The van der Waals surface area contributed by atoms with Crippen LogP contribution >= 0.6 is 0 Å². The molecule has 1 unspecified atom stereocenters. The summed E-state index contributed by atoms with van der Waals surface area (Å²) < 4.78 is 11.5. The molecule has 1 spiro atoms. The first-order valence-corrected chi connectivity index (χ1v) is 7.85. The molecule has 2 aliphatic rings. The first kappa shape index (κ1) is 15.8. The van der Waals surface area contributed by atoms with E-state index in [-0.39, 0.29) is 11.3 Å². The second-order valence-electron chi connectivity index (χ2n) is 7.60. The summed E-state index contributed by atoms with van der Waals surface area (Å²) >= 11 is 0. The first-order chi connectivity index (χ1) is 9.30. The monoisotopic (exact) mass is 283 g/mol. The minimum absolute atomic E-state index is 0.250. The van der Waals surface area contributed by atoms with Crippen LogP contribution in [0.15, 0.2) is 0 Å². The van der Waals surface area contributed by atoms with Crippen LogP contribution in [0.2, 0.25) is 0 Å². The molecule has 2 rings (SSSR count). The highest BCUT2D eigenvalue weighted by atomic mass is 16.7. The van der Waals surface area contributed by atoms with E-state index in [0.717, 1.165) is 25.8 Å². The van der Waals surface area contributed by atoms with E-state index in [2.05, 4.69) is 27.7 Å². The average molecular weight is 283 g/mol. The fraction of sp³-hybridized carbons (Fsp3) is 0.938. The number of piperidine rings is 1. The van der Waals surface area contributed by atoms with Crippen molar-refractivity contribution in [2.24, 2.45) is 11.3 Å². The molecule has 4 heteroatoms. The summed E-state index contributed by atoms with van der Waals surface area (Å²) in [7, 11) is 0. The summed E-state index contributed by atoms with van der Waals surface area (Å²) in [5.41, 5.74) is 0.278. The van der Waals surface area contributed by atoms with E-state index in [0.29, 0.717) is 32.1 Å². The summed E-state index contributed by atoms with van der Waals surface area (Å²) in [6.45, 7) is 11.6. The molecule has 0 bridgehead atoms. The predicted molar refractivity (Wildman–Crippen MR) is 78.3 cm³/mol. The van der Waals surface area contributed by atoms with Gasteiger partial charge in [-0.2, -0.15) is 0 Å². The Kier molecular flexibility index (Phi) is 4.75. The van der Waals surface area contributed by atoms with Gasteiger partial charge >= 0.3 is 0 Å². The molecule has 2 fully saturated rings. The maximum atomic E-state index is 12.4. The minimum atomic E-state index is -0.499. The Labute approximate surface area is 122 Å². The Morgan fingerprint density at radius 2 is 1.95 bits per heavy atom. The van der Waals surface area contributed by atoms with Crippen molar-refractivity contribution in [2.75, 3.05) is 26.3 Å². The molecule has 4 nitrogen and oxygen atoms in total. The Balaban J connectivity index is 1.86. The fourth-order valence-electron chi connectivity index (χ4n) is 3.48. The number of rotatable bonds is 3. The van der Waals surface area contributed by atoms with Gasteiger partial charge in [-0.05, 0) is 24.2 Å². The summed E-state index contributed by atoms with van der Waals surface area (Å²) in [5.74, 6) is 0.173. The summed E-state index contributed by atoms with van der Waals surface area (Å²) in [6.07, 6.45) is 3.59. The number of carbonyl (C=O) groups excluding carboxylic acids is 1. The quantitative estimate of drug-likeness (QED) is 0.799. The predicted octanol–water partition coefficient (Wildman–Crippen LogP) is 2.81. The lowest BCUT2D eigenvalue weighted by Gasteiger charge is -2.39. The van der Waals surface area contributed by atoms with Crippen LogP contribution in [-0.2, 0) is 14.3 Å². The molecular weight excluding hydrogens is 254 g/mol. The molecule has 2 heterocycles. The minimum Gasteiger partial charge on any atom is -0.346 e. The summed E-state index contributed by atoms with van der Waals surface area (Å²) in [5, 5.41) is 0. The highest BCUT2D eigenvalue weighted by molar-refractivity contribution is 5.76. The molecule has 0 radical (unpaired) electrons. The molecule has 0 N–H and O–H groups in total. The van der Waals surface area contributed by atoms with Crippen molar-refractivity contribution in [2.45, 2.75) is 59.2 Å². The zero-order chi connectivity index (χ0) is 14.8. The molecule has 0 aromatic heterocycles. The van der Waals surface area contributed by atoms with E-state index in [4.69, 9.17) is 9.47 Å². The number of hydrogen-bond acceptors (Lipinski definition) is 3. The van der Waals surface area contributed by atoms with Crippen LogP contribution in [0.5, 0.6) is 0 Å². The number of hydrogen-bond donors (Lipinski definition) is 0. The van der Waals surface area contributed by atoms with Crippen molar-refractivity contribution >= 4 is 5.91 Å². The van der Waals surface area contributed by atoms with Crippen LogP contribution < -0.4 is 0 Å². The molecule has 116 valence electrons. The Bertz CT molecular complexity index is 342. The van der Waals surface area contributed by atoms with Gasteiger partial charge in [0.1, 0.15) is 0 Å². The molecule has 2 aliphatic heterocycles. The lowest BCUT2D eigenvalue weighted by atomic mass is 9.84. The van der Waals surface area contributed by atoms with Gasteiger partial charge in [-0.3, -0.25) is 4.79 Å². The van der Waals surface area contributed by atoms with Crippen molar-refractivity contribution in [1.82, 2.24) is 4.90 Å². The molecule has 1 amide bonds. The molecular formula is C16H29NO3. The first-order valence-electron chi connectivity index (χ1n) is 7.85. The number of ether oxygens (including phenoxy) is 2. The molecule has 1 atom stereocenters. The van der Waals surface area contributed by atoms with Gasteiger partial charge in [-0.1, -0.05) is 27.7 Å². The molecule has 0 saturated carbocycles. The second kappa shape index (κ2) is 6.02. The van der Waals surface area contributed by atoms with Gasteiger partial charge in [0.15, 0.2) is 5.79 Å². The third kappa shape index (κ3) is 4.19. The molecule has 0 aromatic rings. The van der Waals surface area contributed by atoms with E-state index in [9.17, 15) is 4.79 Å². The van der Waals surface area contributed by atoms with E-state index in [1.54, 1.807) is 0 Å². The Hall–Kier alpha value is -0.610. The van der Waals surface area contributed by atoms with Gasteiger partial charge in [-0.15, -0.1) is 0 Å². The van der Waals surface area contributed by atoms with Gasteiger partial charge in [-0.25, -0.2) is 0 Å². The van der Waals surface area contributed by atoms with E-state index < -0.39 is 5.79 Å². The van der Waals surface area contributed by atoms with Crippen molar-refractivity contribution in [3.8, 4) is 0 Å². The van der Waals surface area contributed by atoms with E-state index >= 15 is 0 Å². The Morgan fingerprint density at radius 1 is 1.30 bits per heavy atom. The lowest BCUT2D eigenvalue weighted by Crippen LogP contribution is -2.51. The van der Waals surface area contributed by atoms with Crippen molar-refractivity contribution < 1.29 is 14.3 Å². The molecule has 0 aromatic carbocycles. The third-order valence-corrected chi connectivity index (χ3v) is 4.07. The van der Waals surface area contributed by atoms with Gasteiger partial charge in [0.2, 0.25) is 5.91 Å². The molecule has 0 aliphatic carbocycles. The number of nitrogens with zero attached hydrogens (tertiary/aromatic N) is 1. The summed E-state index contributed by atoms with van der Waals surface area (Å²) in [6, 6.07) is 0. The van der Waals surface area contributed by atoms with Gasteiger partial charge in [0.05, 0.1) is 19.8 Å². The largest absolute Gasteiger partial charge is 0.346 e. The molecule has 20 heavy (non-hydrogen) atoms. The van der Waals surface area contributed by atoms with Crippen LogP contribution in [0.4, 0.5) is 0 Å². The SMILES string of the molecule is CC(CC(=O)N1CCCC2(C1)OCCO2)CC(C)(C)C. The van der Waals surface area contributed by atoms with Crippen molar-refractivity contribution in [1.29, 1.82) is 0 Å². The highest BCUT2D eigenvalue weighted by Gasteiger charge is 2.42. The maximum absolute atomic E-state index is 12.4. The van der Waals surface area contributed by atoms with Crippen molar-refractivity contribution in [3.05, 3.63) is 0 Å². The third-order valence-electron chi connectivity index (χ3n) is 4.07. The van der Waals surface area contributed by atoms with Gasteiger partial charge < -0.3 is 14.4 Å². The number of likely N-dealkylation sites (tertiary alicyclic amines) is 1. The van der Waals surface area contributed by atoms with Crippen LogP contribution in [-0.4, -0.2) is 42.9 Å². The topological polar surface area (TPSA) is 38.8 Å². The number of amides is 1. The zero-order valence-corrected chi connectivity index (χ0v) is 13.4. The summed E-state index contributed by atoms with van der Waals surface area (Å²) in [4.78, 5) is 14.4. The highest BCUT2D eigenvalue weighted by Crippen LogP contribution is 2.31. The van der Waals surface area contributed by atoms with Crippen molar-refractivity contribution in [3.63, 3.8) is 0 Å². The van der Waals surface area contributed by atoms with Crippen LogP contribution in [0.1, 0.15) is 53.4 Å². The van der Waals surface area contributed by atoms with Gasteiger partial charge in [0, 0.05) is 19.4 Å². The van der Waals surface area contributed by atoms with E-state index in [1.165, 1.54) is 0 Å². The van der Waals surface area contributed by atoms with Gasteiger partial charge in [0.25, 0.3) is 0 Å². The maximum Gasteiger partial charge on any atom is 0.223 e.